The van der Waals surface area contributed by atoms with Crippen molar-refractivity contribution in [3.05, 3.63) is 0 Å². The van der Waals surface area contributed by atoms with Gasteiger partial charge in [-0.05, 0) is 55.3 Å². The molecule has 0 N–H and O–H groups in total. The number of hydrogen-bond donors (Lipinski definition) is 0. The van der Waals surface area contributed by atoms with Crippen molar-refractivity contribution in [2.75, 3.05) is 0 Å². The Bertz CT molecular complexity index is 308. The van der Waals surface area contributed by atoms with E-state index in [0.717, 1.165) is 12.3 Å². The molecule has 2 rings (SSSR count). The smallest absolute Gasteiger partial charge is 0.302 e. The lowest BCUT2D eigenvalue weighted by Crippen LogP contribution is -2.48. The summed E-state index contributed by atoms with van der Waals surface area (Å²) >= 11 is 0. The van der Waals surface area contributed by atoms with E-state index in [-0.39, 0.29) is 12.1 Å². The molecule has 0 aromatic carbocycles. The molecule has 0 heterocycles. The van der Waals surface area contributed by atoms with Gasteiger partial charge >= 0.3 is 5.97 Å². The zero-order chi connectivity index (χ0) is 13.3. The van der Waals surface area contributed by atoms with Crippen LogP contribution in [0, 0.1) is 23.2 Å². The molecule has 0 aromatic heterocycles. The van der Waals surface area contributed by atoms with Crippen molar-refractivity contribution < 1.29 is 9.53 Å². The first-order chi connectivity index (χ1) is 8.45. The fourth-order valence-electron chi connectivity index (χ4n) is 4.48. The molecule has 2 aliphatic rings. The molecule has 2 unspecified atom stereocenters. The first kappa shape index (κ1) is 13.9. The lowest BCUT2D eigenvalue weighted by atomic mass is 9.56. The molecule has 104 valence electrons. The minimum Gasteiger partial charge on any atom is -0.462 e. The maximum absolute atomic E-state index is 11.4. The summed E-state index contributed by atoms with van der Waals surface area (Å²) < 4.78 is 5.72. The molecule has 2 heteroatoms. The predicted molar refractivity (Wildman–Crippen MR) is 73.2 cm³/mol. The standard InChI is InChI=1S/C16H28O2/c1-5-12-8-9-14-13(15(12)18-11(2)17)7-6-10-16(14,3)4/h12-15H,5-10H2,1-4H3/t12-,13?,14?,15-/m0/s1. The van der Waals surface area contributed by atoms with Crippen LogP contribution in [0.2, 0.25) is 0 Å². The van der Waals surface area contributed by atoms with Crippen LogP contribution in [0.3, 0.4) is 0 Å². The summed E-state index contributed by atoms with van der Waals surface area (Å²) in [6, 6.07) is 0. The van der Waals surface area contributed by atoms with Crippen molar-refractivity contribution in [2.24, 2.45) is 23.2 Å². The van der Waals surface area contributed by atoms with E-state index in [4.69, 9.17) is 4.74 Å². The van der Waals surface area contributed by atoms with E-state index in [0.29, 0.717) is 17.3 Å². The molecule has 2 nitrogen and oxygen atoms in total. The van der Waals surface area contributed by atoms with Gasteiger partial charge in [-0.2, -0.15) is 0 Å². The van der Waals surface area contributed by atoms with E-state index in [1.807, 2.05) is 0 Å². The summed E-state index contributed by atoms with van der Waals surface area (Å²) in [7, 11) is 0. The third-order valence-corrected chi connectivity index (χ3v) is 5.44. The summed E-state index contributed by atoms with van der Waals surface area (Å²) in [5, 5.41) is 0. The Hall–Kier alpha value is -0.530. The molecule has 2 fully saturated rings. The zero-order valence-corrected chi connectivity index (χ0v) is 12.4. The van der Waals surface area contributed by atoms with Gasteiger partial charge in [0.15, 0.2) is 0 Å². The van der Waals surface area contributed by atoms with Gasteiger partial charge in [0.2, 0.25) is 0 Å². The predicted octanol–water partition coefficient (Wildman–Crippen LogP) is 4.18. The molecule has 2 aliphatic carbocycles. The van der Waals surface area contributed by atoms with Crippen LogP contribution in [0.25, 0.3) is 0 Å². The molecule has 2 saturated carbocycles. The van der Waals surface area contributed by atoms with Crippen LogP contribution in [0.4, 0.5) is 0 Å². The highest BCUT2D eigenvalue weighted by molar-refractivity contribution is 5.66. The van der Waals surface area contributed by atoms with E-state index in [9.17, 15) is 4.79 Å². The molecule has 18 heavy (non-hydrogen) atoms. The molecule has 0 bridgehead atoms. The lowest BCUT2D eigenvalue weighted by Gasteiger charge is -2.51. The Kier molecular flexibility index (Phi) is 4.03. The Morgan fingerprint density at radius 1 is 1.28 bits per heavy atom. The van der Waals surface area contributed by atoms with Crippen LogP contribution < -0.4 is 0 Å². The summed E-state index contributed by atoms with van der Waals surface area (Å²) in [5.41, 5.74) is 0.431. The summed E-state index contributed by atoms with van der Waals surface area (Å²) in [6.07, 6.45) is 7.77. The third kappa shape index (κ3) is 2.57. The van der Waals surface area contributed by atoms with Gasteiger partial charge in [-0.3, -0.25) is 4.79 Å². The fourth-order valence-corrected chi connectivity index (χ4v) is 4.48. The second-order valence-corrected chi connectivity index (χ2v) is 6.97. The first-order valence-electron chi connectivity index (χ1n) is 7.63. The monoisotopic (exact) mass is 252 g/mol. The normalized spacial score (nSPS) is 38.9. The van der Waals surface area contributed by atoms with E-state index < -0.39 is 0 Å². The fraction of sp³-hybridized carbons (Fsp3) is 0.938. The molecule has 0 aliphatic heterocycles. The van der Waals surface area contributed by atoms with E-state index in [1.165, 1.54) is 32.1 Å². The average Bonchev–Trinajstić information content (AvgIpc) is 2.29. The quantitative estimate of drug-likeness (QED) is 0.689. The Morgan fingerprint density at radius 2 is 2.00 bits per heavy atom. The third-order valence-electron chi connectivity index (χ3n) is 5.44. The number of carbonyl (C=O) groups is 1. The number of ether oxygens (including phenoxy) is 1. The van der Waals surface area contributed by atoms with Crippen molar-refractivity contribution in [1.82, 2.24) is 0 Å². The van der Waals surface area contributed by atoms with Gasteiger partial charge < -0.3 is 4.74 Å². The van der Waals surface area contributed by atoms with Crippen molar-refractivity contribution in [1.29, 1.82) is 0 Å². The maximum Gasteiger partial charge on any atom is 0.302 e. The van der Waals surface area contributed by atoms with Crippen LogP contribution in [-0.2, 0) is 9.53 Å². The molecule has 0 aromatic rings. The van der Waals surface area contributed by atoms with Gasteiger partial charge in [0.05, 0.1) is 0 Å². The van der Waals surface area contributed by atoms with Crippen LogP contribution in [0.5, 0.6) is 0 Å². The topological polar surface area (TPSA) is 26.3 Å². The first-order valence-corrected chi connectivity index (χ1v) is 7.63. The minimum atomic E-state index is -0.0949. The highest BCUT2D eigenvalue weighted by Gasteiger charge is 2.48. The Morgan fingerprint density at radius 3 is 2.61 bits per heavy atom. The number of esters is 1. The molecule has 0 radical (unpaired) electrons. The number of rotatable bonds is 2. The summed E-state index contributed by atoms with van der Waals surface area (Å²) in [4.78, 5) is 11.4. The molecular formula is C16H28O2. The van der Waals surface area contributed by atoms with Crippen molar-refractivity contribution in [2.45, 2.75) is 72.3 Å². The zero-order valence-electron chi connectivity index (χ0n) is 12.4. The highest BCUT2D eigenvalue weighted by Crippen LogP contribution is 2.52. The maximum atomic E-state index is 11.4. The second-order valence-electron chi connectivity index (χ2n) is 6.97. The van der Waals surface area contributed by atoms with Crippen LogP contribution in [0.15, 0.2) is 0 Å². The lowest BCUT2D eigenvalue weighted by molar-refractivity contribution is -0.163. The van der Waals surface area contributed by atoms with Gasteiger partial charge in [0, 0.05) is 6.92 Å². The van der Waals surface area contributed by atoms with E-state index in [1.54, 1.807) is 6.92 Å². The van der Waals surface area contributed by atoms with Gasteiger partial charge in [-0.15, -0.1) is 0 Å². The van der Waals surface area contributed by atoms with Crippen LogP contribution in [-0.4, -0.2) is 12.1 Å². The summed E-state index contributed by atoms with van der Waals surface area (Å²) in [5.74, 6) is 1.85. The largest absolute Gasteiger partial charge is 0.462 e. The number of fused-ring (bicyclic) bond motifs is 1. The van der Waals surface area contributed by atoms with E-state index >= 15 is 0 Å². The van der Waals surface area contributed by atoms with Crippen molar-refractivity contribution in [3.8, 4) is 0 Å². The van der Waals surface area contributed by atoms with Crippen LogP contribution in [0.1, 0.15) is 66.2 Å². The number of carbonyl (C=O) groups excluding carboxylic acids is 1. The van der Waals surface area contributed by atoms with Gasteiger partial charge in [0.1, 0.15) is 6.10 Å². The average molecular weight is 252 g/mol. The van der Waals surface area contributed by atoms with Crippen molar-refractivity contribution >= 4 is 5.97 Å². The molecule has 0 saturated heterocycles. The second kappa shape index (κ2) is 5.22. The molecule has 0 spiro atoms. The molecular weight excluding hydrogens is 224 g/mol. The molecule has 4 atom stereocenters. The van der Waals surface area contributed by atoms with Gasteiger partial charge in [-0.25, -0.2) is 0 Å². The summed E-state index contributed by atoms with van der Waals surface area (Å²) in [6.45, 7) is 8.60. The van der Waals surface area contributed by atoms with E-state index in [2.05, 4.69) is 20.8 Å². The van der Waals surface area contributed by atoms with Crippen LogP contribution >= 0.6 is 0 Å². The minimum absolute atomic E-state index is 0.0949. The van der Waals surface area contributed by atoms with Gasteiger partial charge in [0.25, 0.3) is 0 Å². The van der Waals surface area contributed by atoms with Crippen molar-refractivity contribution in [3.63, 3.8) is 0 Å². The number of hydrogen-bond acceptors (Lipinski definition) is 2. The highest BCUT2D eigenvalue weighted by atomic mass is 16.5. The van der Waals surface area contributed by atoms with Gasteiger partial charge in [-0.1, -0.05) is 27.2 Å². The Labute approximate surface area is 111 Å². The Balaban J connectivity index is 2.19. The molecule has 0 amide bonds. The SMILES string of the molecule is CC[C@H]1CCC2C(CCCC2(C)C)[C@H]1OC(C)=O.